The van der Waals surface area contributed by atoms with E-state index in [0.717, 1.165) is 0 Å². The molecule has 1 aromatic carbocycles. The number of alkyl carbamates (subject to hydrolysis) is 1. The number of carbonyl (C=O) groups excluding carboxylic acids is 1. The van der Waals surface area contributed by atoms with Gasteiger partial charge in [0, 0.05) is 12.0 Å². The Morgan fingerprint density at radius 3 is 2.18 bits per heavy atom. The molecule has 0 saturated heterocycles. The molecule has 0 aromatic heterocycles. The van der Waals surface area contributed by atoms with Crippen LogP contribution < -0.4 is 5.32 Å². The highest BCUT2D eigenvalue weighted by molar-refractivity contribution is 5.80. The Morgan fingerprint density at radius 1 is 1.23 bits per heavy atom. The number of alkyl halides is 2. The highest BCUT2D eigenvalue weighted by atomic mass is 19.3. The minimum absolute atomic E-state index is 0.0297. The van der Waals surface area contributed by atoms with Gasteiger partial charge in [-0.3, -0.25) is 0 Å². The summed E-state index contributed by atoms with van der Waals surface area (Å²) in [5, 5.41) is 11.4. The summed E-state index contributed by atoms with van der Waals surface area (Å²) in [5.74, 6) is -1.23. The third-order valence-corrected chi connectivity index (χ3v) is 2.66. The highest BCUT2D eigenvalue weighted by Gasteiger charge is 2.24. The molecular weight excluding hydrogens is 296 g/mol. The lowest BCUT2D eigenvalue weighted by Crippen LogP contribution is -2.44. The zero-order chi connectivity index (χ0) is 16.9. The summed E-state index contributed by atoms with van der Waals surface area (Å²) < 4.78 is 29.9. The quantitative estimate of drug-likeness (QED) is 0.875. The molecule has 0 bridgehead atoms. The smallest absolute Gasteiger partial charge is 0.408 e. The van der Waals surface area contributed by atoms with Crippen LogP contribution in [0.3, 0.4) is 0 Å². The molecule has 1 amide bonds. The minimum atomic E-state index is -2.58. The van der Waals surface area contributed by atoms with Crippen LogP contribution in [0.1, 0.15) is 38.3 Å². The maximum atomic E-state index is 12.5. The number of amides is 1. The lowest BCUT2D eigenvalue weighted by atomic mass is 10.0. The van der Waals surface area contributed by atoms with Crippen molar-refractivity contribution in [2.45, 2.75) is 45.3 Å². The van der Waals surface area contributed by atoms with Crippen molar-refractivity contribution in [2.24, 2.45) is 0 Å². The first-order valence-electron chi connectivity index (χ1n) is 6.68. The van der Waals surface area contributed by atoms with Crippen molar-refractivity contribution in [1.29, 1.82) is 0 Å². The van der Waals surface area contributed by atoms with Crippen LogP contribution in [0.5, 0.6) is 0 Å². The van der Waals surface area contributed by atoms with E-state index in [1.807, 2.05) is 0 Å². The van der Waals surface area contributed by atoms with E-state index in [1.54, 1.807) is 20.8 Å². The molecule has 0 radical (unpaired) electrons. The van der Waals surface area contributed by atoms with Gasteiger partial charge >= 0.3 is 12.1 Å². The van der Waals surface area contributed by atoms with Crippen molar-refractivity contribution in [3.05, 3.63) is 35.4 Å². The number of hydrogen-bond acceptors (Lipinski definition) is 3. The maximum absolute atomic E-state index is 12.5. The van der Waals surface area contributed by atoms with Crippen LogP contribution in [0, 0.1) is 0 Å². The number of halogens is 2. The van der Waals surface area contributed by atoms with Crippen molar-refractivity contribution in [2.75, 3.05) is 0 Å². The molecule has 0 spiro atoms. The van der Waals surface area contributed by atoms with Gasteiger partial charge in [-0.15, -0.1) is 0 Å². The lowest BCUT2D eigenvalue weighted by molar-refractivity contribution is -0.139. The zero-order valence-corrected chi connectivity index (χ0v) is 12.6. The summed E-state index contributed by atoms with van der Waals surface area (Å²) in [6.07, 6.45) is -3.45. The number of benzene rings is 1. The lowest BCUT2D eigenvalue weighted by Gasteiger charge is -2.22. The molecule has 1 atom stereocenters. The molecule has 1 rings (SSSR count). The first kappa shape index (κ1) is 17.9. The molecule has 7 heteroatoms. The van der Waals surface area contributed by atoms with E-state index in [-0.39, 0.29) is 12.0 Å². The Balaban J connectivity index is 2.72. The third-order valence-electron chi connectivity index (χ3n) is 2.66. The van der Waals surface area contributed by atoms with Crippen LogP contribution in [-0.4, -0.2) is 28.8 Å². The van der Waals surface area contributed by atoms with Gasteiger partial charge in [-0.05, 0) is 26.3 Å². The van der Waals surface area contributed by atoms with Crippen LogP contribution in [0.2, 0.25) is 0 Å². The summed E-state index contributed by atoms with van der Waals surface area (Å²) >= 11 is 0. The predicted octanol–water partition coefficient (Wildman–Crippen LogP) is 3.14. The fourth-order valence-electron chi connectivity index (χ4n) is 1.68. The molecule has 22 heavy (non-hydrogen) atoms. The monoisotopic (exact) mass is 315 g/mol. The third kappa shape index (κ3) is 6.07. The van der Waals surface area contributed by atoms with Gasteiger partial charge in [-0.2, -0.15) is 0 Å². The number of carbonyl (C=O) groups is 2. The Kier molecular flexibility index (Phi) is 5.84. The van der Waals surface area contributed by atoms with Gasteiger partial charge in [0.2, 0.25) is 0 Å². The molecule has 0 unspecified atom stereocenters. The van der Waals surface area contributed by atoms with E-state index in [9.17, 15) is 18.4 Å². The van der Waals surface area contributed by atoms with Crippen LogP contribution in [0.15, 0.2) is 24.3 Å². The van der Waals surface area contributed by atoms with E-state index < -0.39 is 30.1 Å². The second-order valence-electron chi connectivity index (χ2n) is 5.78. The molecule has 0 heterocycles. The second-order valence-corrected chi connectivity index (χ2v) is 5.78. The number of hydrogen-bond donors (Lipinski definition) is 2. The minimum Gasteiger partial charge on any atom is -0.480 e. The summed E-state index contributed by atoms with van der Waals surface area (Å²) in [7, 11) is 0. The van der Waals surface area contributed by atoms with Crippen molar-refractivity contribution in [3.63, 3.8) is 0 Å². The summed E-state index contributed by atoms with van der Waals surface area (Å²) in [5.41, 5.74) is -0.366. The fraction of sp³-hybridized carbons (Fsp3) is 0.467. The van der Waals surface area contributed by atoms with Gasteiger partial charge in [-0.25, -0.2) is 18.4 Å². The van der Waals surface area contributed by atoms with E-state index >= 15 is 0 Å². The number of nitrogens with one attached hydrogen (secondary N) is 1. The molecule has 0 fully saturated rings. The Bertz CT molecular complexity index is 523. The van der Waals surface area contributed by atoms with Crippen LogP contribution in [0.4, 0.5) is 13.6 Å². The Labute approximate surface area is 127 Å². The number of ether oxygens (including phenoxy) is 1. The van der Waals surface area contributed by atoms with Crippen LogP contribution >= 0.6 is 0 Å². The number of carboxylic acids is 1. The number of aliphatic carboxylic acids is 1. The largest absolute Gasteiger partial charge is 0.480 e. The molecule has 5 nitrogen and oxygen atoms in total. The normalized spacial score (nSPS) is 12.8. The van der Waals surface area contributed by atoms with E-state index in [2.05, 4.69) is 5.32 Å². The molecule has 1 aromatic rings. The number of rotatable bonds is 5. The highest BCUT2D eigenvalue weighted by Crippen LogP contribution is 2.19. The first-order valence-corrected chi connectivity index (χ1v) is 6.68. The van der Waals surface area contributed by atoms with Crippen molar-refractivity contribution < 1.29 is 28.2 Å². The second kappa shape index (κ2) is 7.20. The van der Waals surface area contributed by atoms with Gasteiger partial charge in [0.05, 0.1) is 0 Å². The SMILES string of the molecule is CC(C)(C)OC(=O)N[C@H](Cc1ccc(C(F)F)cc1)C(=O)O. The molecule has 0 aliphatic carbocycles. The topological polar surface area (TPSA) is 75.6 Å². The van der Waals surface area contributed by atoms with Gasteiger partial charge in [-0.1, -0.05) is 24.3 Å². The summed E-state index contributed by atoms with van der Waals surface area (Å²) in [6, 6.07) is 4.08. The van der Waals surface area contributed by atoms with Crippen molar-refractivity contribution in [1.82, 2.24) is 5.32 Å². The standard InChI is InChI=1S/C15H19F2NO4/c1-15(2,3)22-14(21)18-11(13(19)20)8-9-4-6-10(7-5-9)12(16)17/h4-7,11-12H,8H2,1-3H3,(H,18,21)(H,19,20)/t11-/m1/s1. The summed E-state index contributed by atoms with van der Waals surface area (Å²) in [4.78, 5) is 22.8. The molecule has 0 saturated carbocycles. The maximum Gasteiger partial charge on any atom is 0.408 e. The van der Waals surface area contributed by atoms with E-state index in [1.165, 1.54) is 24.3 Å². The van der Waals surface area contributed by atoms with Gasteiger partial charge in [0.25, 0.3) is 6.43 Å². The number of carboxylic acid groups (broad SMARTS) is 1. The van der Waals surface area contributed by atoms with Gasteiger partial charge < -0.3 is 15.2 Å². The zero-order valence-electron chi connectivity index (χ0n) is 12.6. The van der Waals surface area contributed by atoms with Crippen molar-refractivity contribution in [3.8, 4) is 0 Å². The van der Waals surface area contributed by atoms with Gasteiger partial charge in [0.15, 0.2) is 0 Å². The average Bonchev–Trinajstić information content (AvgIpc) is 2.36. The van der Waals surface area contributed by atoms with Crippen LogP contribution in [-0.2, 0) is 16.0 Å². The molecule has 0 aliphatic heterocycles. The van der Waals surface area contributed by atoms with Crippen LogP contribution in [0.25, 0.3) is 0 Å². The Hall–Kier alpha value is -2.18. The first-order chi connectivity index (χ1) is 10.1. The molecule has 2 N–H and O–H groups in total. The van der Waals surface area contributed by atoms with Crippen molar-refractivity contribution >= 4 is 12.1 Å². The molecular formula is C15H19F2NO4. The summed E-state index contributed by atoms with van der Waals surface area (Å²) in [6.45, 7) is 4.97. The van der Waals surface area contributed by atoms with Gasteiger partial charge in [0.1, 0.15) is 11.6 Å². The molecule has 122 valence electrons. The average molecular weight is 315 g/mol. The predicted molar refractivity (Wildman–Crippen MR) is 75.9 cm³/mol. The molecule has 0 aliphatic rings. The fourth-order valence-corrected chi connectivity index (χ4v) is 1.68. The Morgan fingerprint density at radius 2 is 1.77 bits per heavy atom. The van der Waals surface area contributed by atoms with E-state index in [4.69, 9.17) is 9.84 Å². The van der Waals surface area contributed by atoms with E-state index in [0.29, 0.717) is 5.56 Å².